The van der Waals surface area contributed by atoms with E-state index in [1.807, 2.05) is 49.7 Å². The largest absolute Gasteiger partial charge is 0.312 e. The molecule has 1 N–H and O–H groups in total. The molecule has 0 bridgehead atoms. The molecule has 148 valence electrons. The molecule has 4 aromatic rings. The van der Waals surface area contributed by atoms with Gasteiger partial charge in [-0.2, -0.15) is 0 Å². The number of sulfonamides is 1. The van der Waals surface area contributed by atoms with Gasteiger partial charge in [-0.1, -0.05) is 48.9 Å². The Labute approximate surface area is 169 Å². The number of nitrogens with one attached hydrogen (secondary N) is 1. The van der Waals surface area contributed by atoms with Crippen molar-refractivity contribution in [1.29, 1.82) is 0 Å². The molecule has 29 heavy (non-hydrogen) atoms. The third-order valence-electron chi connectivity index (χ3n) is 4.84. The first-order valence-electron chi connectivity index (χ1n) is 9.25. The van der Waals surface area contributed by atoms with Gasteiger partial charge in [0.2, 0.25) is 0 Å². The number of nitrogens with zero attached hydrogens (tertiary/aromatic N) is 4. The van der Waals surface area contributed by atoms with E-state index in [1.54, 1.807) is 24.3 Å². The minimum atomic E-state index is -3.79. The van der Waals surface area contributed by atoms with Crippen LogP contribution in [0.15, 0.2) is 59.8 Å². The van der Waals surface area contributed by atoms with Crippen molar-refractivity contribution in [2.45, 2.75) is 25.2 Å². The number of imidazole rings is 1. The first kappa shape index (κ1) is 19.1. The molecule has 0 amide bonds. The van der Waals surface area contributed by atoms with Crippen LogP contribution in [-0.2, 0) is 23.5 Å². The van der Waals surface area contributed by atoms with Gasteiger partial charge in [0.15, 0.2) is 17.0 Å². The van der Waals surface area contributed by atoms with Gasteiger partial charge in [0, 0.05) is 12.6 Å². The highest BCUT2D eigenvalue weighted by Gasteiger charge is 2.20. The molecular weight excluding hydrogens is 386 g/mol. The normalized spacial score (nSPS) is 11.7. The number of rotatable bonds is 5. The summed E-state index contributed by atoms with van der Waals surface area (Å²) < 4.78 is 30.1. The van der Waals surface area contributed by atoms with Crippen LogP contribution in [0.2, 0.25) is 0 Å². The molecule has 0 saturated heterocycles. The molecule has 2 heterocycles. The number of benzene rings is 2. The Balaban J connectivity index is 1.76. The van der Waals surface area contributed by atoms with Crippen LogP contribution in [0.5, 0.6) is 0 Å². The van der Waals surface area contributed by atoms with Crippen molar-refractivity contribution in [1.82, 2.24) is 19.5 Å². The number of anilines is 1. The summed E-state index contributed by atoms with van der Waals surface area (Å²) in [5.74, 6) is 0.844. The van der Waals surface area contributed by atoms with Crippen LogP contribution in [0.3, 0.4) is 0 Å². The SMILES string of the molecule is CCc1ccc(S(=O)(=O)Nc2ncnc3c2nc(-c2ccc(C)cc2)n3C)cc1. The third kappa shape index (κ3) is 3.58. The summed E-state index contributed by atoms with van der Waals surface area (Å²) in [6.45, 7) is 4.04. The maximum atomic E-state index is 12.8. The van der Waals surface area contributed by atoms with Gasteiger partial charge >= 0.3 is 0 Å². The maximum absolute atomic E-state index is 12.8. The van der Waals surface area contributed by atoms with Crippen molar-refractivity contribution < 1.29 is 8.42 Å². The lowest BCUT2D eigenvalue weighted by atomic mass is 10.1. The molecular formula is C21H21N5O2S. The fourth-order valence-electron chi connectivity index (χ4n) is 3.13. The smallest absolute Gasteiger partial charge is 0.263 e. The molecule has 0 saturated carbocycles. The zero-order valence-corrected chi connectivity index (χ0v) is 17.2. The molecule has 0 atom stereocenters. The van der Waals surface area contributed by atoms with Gasteiger partial charge in [0.1, 0.15) is 12.2 Å². The number of aryl methyl sites for hydroxylation is 3. The first-order chi connectivity index (χ1) is 13.9. The summed E-state index contributed by atoms with van der Waals surface area (Å²) in [4.78, 5) is 13.2. The molecule has 2 aromatic carbocycles. The van der Waals surface area contributed by atoms with Crippen LogP contribution < -0.4 is 4.72 Å². The first-order valence-corrected chi connectivity index (χ1v) is 10.7. The van der Waals surface area contributed by atoms with E-state index in [9.17, 15) is 8.42 Å². The molecule has 0 aliphatic carbocycles. The molecule has 8 heteroatoms. The van der Waals surface area contributed by atoms with E-state index < -0.39 is 10.0 Å². The van der Waals surface area contributed by atoms with E-state index in [0.717, 1.165) is 23.1 Å². The molecule has 4 rings (SSSR count). The lowest BCUT2D eigenvalue weighted by molar-refractivity contribution is 0.601. The van der Waals surface area contributed by atoms with Crippen LogP contribution in [0.25, 0.3) is 22.6 Å². The summed E-state index contributed by atoms with van der Waals surface area (Å²) in [7, 11) is -1.95. The topological polar surface area (TPSA) is 89.8 Å². The van der Waals surface area contributed by atoms with Crippen LogP contribution >= 0.6 is 0 Å². The van der Waals surface area contributed by atoms with Crippen LogP contribution in [-0.4, -0.2) is 27.9 Å². The Kier molecular flexibility index (Phi) is 4.79. The number of aromatic nitrogens is 4. The fourth-order valence-corrected chi connectivity index (χ4v) is 4.14. The third-order valence-corrected chi connectivity index (χ3v) is 6.19. The van der Waals surface area contributed by atoms with Crippen molar-refractivity contribution >= 4 is 27.0 Å². The van der Waals surface area contributed by atoms with Gasteiger partial charge in [-0.25, -0.2) is 23.4 Å². The van der Waals surface area contributed by atoms with E-state index in [1.165, 1.54) is 6.33 Å². The van der Waals surface area contributed by atoms with Gasteiger partial charge in [0.25, 0.3) is 10.0 Å². The molecule has 0 aliphatic heterocycles. The van der Waals surface area contributed by atoms with Gasteiger partial charge in [-0.05, 0) is 31.0 Å². The predicted octanol–water partition coefficient (Wildman–Crippen LogP) is 3.70. The Morgan fingerprint density at radius 3 is 2.34 bits per heavy atom. The van der Waals surface area contributed by atoms with E-state index in [4.69, 9.17) is 0 Å². The van der Waals surface area contributed by atoms with Gasteiger partial charge in [0.05, 0.1) is 4.90 Å². The van der Waals surface area contributed by atoms with Crippen LogP contribution in [0.4, 0.5) is 5.82 Å². The predicted molar refractivity (Wildman–Crippen MR) is 113 cm³/mol. The molecule has 0 aliphatic rings. The average Bonchev–Trinajstić information content (AvgIpc) is 3.06. The quantitative estimate of drug-likeness (QED) is 0.545. The molecule has 7 nitrogen and oxygen atoms in total. The second-order valence-electron chi connectivity index (χ2n) is 6.86. The summed E-state index contributed by atoms with van der Waals surface area (Å²) in [5, 5.41) is 0. The molecule has 0 unspecified atom stereocenters. The molecule has 0 spiro atoms. The van der Waals surface area contributed by atoms with Crippen molar-refractivity contribution in [2.24, 2.45) is 7.05 Å². The highest BCUT2D eigenvalue weighted by atomic mass is 32.2. The second-order valence-corrected chi connectivity index (χ2v) is 8.54. The van der Waals surface area contributed by atoms with Crippen LogP contribution in [0, 0.1) is 6.92 Å². The minimum absolute atomic E-state index is 0.156. The van der Waals surface area contributed by atoms with E-state index in [2.05, 4.69) is 19.7 Å². The Bertz CT molecular complexity index is 1280. The average molecular weight is 407 g/mol. The number of fused-ring (bicyclic) bond motifs is 1. The summed E-state index contributed by atoms with van der Waals surface area (Å²) >= 11 is 0. The Hall–Kier alpha value is -3.26. The lowest BCUT2D eigenvalue weighted by Gasteiger charge is -2.08. The van der Waals surface area contributed by atoms with Gasteiger partial charge < -0.3 is 4.57 Å². The zero-order chi connectivity index (χ0) is 20.6. The van der Waals surface area contributed by atoms with Crippen molar-refractivity contribution in [2.75, 3.05) is 4.72 Å². The maximum Gasteiger partial charge on any atom is 0.263 e. The summed E-state index contributed by atoms with van der Waals surface area (Å²) in [5.41, 5.74) is 4.09. The fraction of sp³-hybridized carbons (Fsp3) is 0.190. The molecule has 0 radical (unpaired) electrons. The second kappa shape index (κ2) is 7.29. The standard InChI is InChI=1S/C21H21N5O2S/c1-4-15-7-11-17(12-8-15)29(27,28)25-19-18-21(23-13-22-19)26(3)20(24-18)16-9-5-14(2)6-10-16/h5-13H,4H2,1-3H3,(H,22,23,25). The van der Waals surface area contributed by atoms with Crippen molar-refractivity contribution in [3.8, 4) is 11.4 Å². The molecule has 2 aromatic heterocycles. The van der Waals surface area contributed by atoms with E-state index in [-0.39, 0.29) is 10.7 Å². The minimum Gasteiger partial charge on any atom is -0.312 e. The molecule has 0 fully saturated rings. The zero-order valence-electron chi connectivity index (χ0n) is 16.4. The number of hydrogen-bond acceptors (Lipinski definition) is 5. The van der Waals surface area contributed by atoms with Crippen molar-refractivity contribution in [3.05, 3.63) is 66.0 Å². The van der Waals surface area contributed by atoms with Crippen molar-refractivity contribution in [3.63, 3.8) is 0 Å². The van der Waals surface area contributed by atoms with Gasteiger partial charge in [-0.3, -0.25) is 4.72 Å². The van der Waals surface area contributed by atoms with Gasteiger partial charge in [-0.15, -0.1) is 0 Å². The van der Waals surface area contributed by atoms with E-state index in [0.29, 0.717) is 17.0 Å². The highest BCUT2D eigenvalue weighted by molar-refractivity contribution is 7.92. The monoisotopic (exact) mass is 407 g/mol. The summed E-state index contributed by atoms with van der Waals surface area (Å²) in [6, 6.07) is 14.8. The highest BCUT2D eigenvalue weighted by Crippen LogP contribution is 2.27. The Morgan fingerprint density at radius 1 is 1.00 bits per heavy atom. The number of hydrogen-bond donors (Lipinski definition) is 1. The van der Waals surface area contributed by atoms with Crippen LogP contribution in [0.1, 0.15) is 18.1 Å². The van der Waals surface area contributed by atoms with E-state index >= 15 is 0 Å². The lowest BCUT2D eigenvalue weighted by Crippen LogP contribution is -2.14. The Morgan fingerprint density at radius 2 is 1.69 bits per heavy atom. The summed E-state index contributed by atoms with van der Waals surface area (Å²) in [6.07, 6.45) is 2.18.